The number of hydrogen-bond donors (Lipinski definition) is 0. The maximum absolute atomic E-state index is 10.6. The monoisotopic (exact) mass is 352 g/mol. The molecular formula is C10H12N2O6S3. The van der Waals surface area contributed by atoms with E-state index in [4.69, 9.17) is 0 Å². The van der Waals surface area contributed by atoms with Gasteiger partial charge < -0.3 is 4.55 Å². The summed E-state index contributed by atoms with van der Waals surface area (Å²) < 4.78 is 35.2. The van der Waals surface area contributed by atoms with Gasteiger partial charge in [0.05, 0.1) is 12.0 Å². The summed E-state index contributed by atoms with van der Waals surface area (Å²) in [5.74, 6) is 0. The number of non-ortho nitro benzene ring substituents is 1. The SMILES string of the molecule is COS(=O)(=O)[O-].CSc1sc2cc([N+](=O)[O-])ccc2[n+]1C. The van der Waals surface area contributed by atoms with Crippen LogP contribution in [0.4, 0.5) is 5.69 Å². The van der Waals surface area contributed by atoms with Crippen molar-refractivity contribution in [3.05, 3.63) is 28.3 Å². The highest BCUT2D eigenvalue weighted by Gasteiger charge is 2.18. The van der Waals surface area contributed by atoms with E-state index in [-0.39, 0.29) is 10.6 Å². The summed E-state index contributed by atoms with van der Waals surface area (Å²) in [7, 11) is -1.64. The molecule has 1 heterocycles. The number of nitro benzene ring substituents is 1. The lowest BCUT2D eigenvalue weighted by Gasteiger charge is -1.98. The van der Waals surface area contributed by atoms with E-state index in [0.717, 1.165) is 21.7 Å². The molecule has 0 aliphatic carbocycles. The predicted octanol–water partition coefficient (Wildman–Crippen LogP) is 1.45. The molecule has 0 saturated carbocycles. The number of nitro groups is 1. The molecule has 8 nitrogen and oxygen atoms in total. The Bertz CT molecular complexity index is 755. The molecule has 0 bridgehead atoms. The molecule has 0 N–H and O–H groups in total. The molecule has 1 aromatic carbocycles. The van der Waals surface area contributed by atoms with Crippen molar-refractivity contribution in [2.75, 3.05) is 13.4 Å². The summed E-state index contributed by atoms with van der Waals surface area (Å²) in [4.78, 5) is 10.2. The minimum atomic E-state index is -4.41. The Morgan fingerprint density at radius 1 is 1.43 bits per heavy atom. The molecule has 0 spiro atoms. The number of aromatic nitrogens is 1. The molecule has 0 unspecified atom stereocenters. The highest BCUT2D eigenvalue weighted by molar-refractivity contribution is 8.00. The number of hydrogen-bond acceptors (Lipinski definition) is 8. The average Bonchev–Trinajstić information content (AvgIpc) is 2.74. The van der Waals surface area contributed by atoms with E-state index in [2.05, 4.69) is 4.18 Å². The number of benzene rings is 1. The van der Waals surface area contributed by atoms with E-state index in [1.807, 2.05) is 17.9 Å². The predicted molar refractivity (Wildman–Crippen MR) is 78.1 cm³/mol. The Labute approximate surface area is 129 Å². The molecular weight excluding hydrogens is 340 g/mol. The third-order valence-corrected chi connectivity index (χ3v) is 5.14. The van der Waals surface area contributed by atoms with Gasteiger partial charge in [0, 0.05) is 18.2 Å². The first-order valence-electron chi connectivity index (χ1n) is 5.32. The number of fused-ring (bicyclic) bond motifs is 1. The summed E-state index contributed by atoms with van der Waals surface area (Å²) in [5, 5.41) is 10.6. The van der Waals surface area contributed by atoms with Gasteiger partial charge in [-0.1, -0.05) is 11.3 Å². The first-order chi connectivity index (χ1) is 9.69. The molecule has 2 aromatic rings. The van der Waals surface area contributed by atoms with Crippen molar-refractivity contribution >= 4 is 49.4 Å². The van der Waals surface area contributed by atoms with Crippen LogP contribution in [0.15, 0.2) is 22.5 Å². The van der Waals surface area contributed by atoms with E-state index in [9.17, 15) is 23.1 Å². The molecule has 116 valence electrons. The maximum atomic E-state index is 10.6. The molecule has 2 rings (SSSR count). The van der Waals surface area contributed by atoms with Gasteiger partial charge in [-0.05, 0) is 18.0 Å². The molecule has 1 aromatic heterocycles. The summed E-state index contributed by atoms with van der Waals surface area (Å²) in [5.41, 5.74) is 1.19. The first-order valence-corrected chi connectivity index (χ1v) is 8.69. The van der Waals surface area contributed by atoms with Gasteiger partial charge in [0.2, 0.25) is 15.9 Å². The van der Waals surface area contributed by atoms with Crippen LogP contribution in [0.5, 0.6) is 0 Å². The van der Waals surface area contributed by atoms with Gasteiger partial charge >= 0.3 is 0 Å². The minimum absolute atomic E-state index is 0.150. The molecule has 11 heteroatoms. The van der Waals surface area contributed by atoms with Gasteiger partial charge in [-0.25, -0.2) is 8.42 Å². The van der Waals surface area contributed by atoms with E-state index in [0.29, 0.717) is 0 Å². The summed E-state index contributed by atoms with van der Waals surface area (Å²) in [6, 6.07) is 4.96. The highest BCUT2D eigenvalue weighted by Crippen LogP contribution is 2.28. The van der Waals surface area contributed by atoms with Crippen molar-refractivity contribution in [1.29, 1.82) is 0 Å². The molecule has 0 radical (unpaired) electrons. The van der Waals surface area contributed by atoms with Crippen LogP contribution in [0.2, 0.25) is 0 Å². The van der Waals surface area contributed by atoms with Crippen molar-refractivity contribution in [2.24, 2.45) is 7.05 Å². The summed E-state index contributed by atoms with van der Waals surface area (Å²) in [6.07, 6.45) is 2.00. The summed E-state index contributed by atoms with van der Waals surface area (Å²) in [6.45, 7) is 0. The second-order valence-electron chi connectivity index (χ2n) is 3.62. The molecule has 21 heavy (non-hydrogen) atoms. The third kappa shape index (κ3) is 4.89. The number of aryl methyl sites for hydroxylation is 1. The lowest BCUT2D eigenvalue weighted by atomic mass is 10.3. The molecule has 0 saturated heterocycles. The zero-order valence-corrected chi connectivity index (χ0v) is 13.8. The molecule has 0 aliphatic rings. The normalized spacial score (nSPS) is 11.0. The zero-order chi connectivity index (χ0) is 16.2. The Kier molecular flexibility index (Phi) is 6.04. The van der Waals surface area contributed by atoms with Gasteiger partial charge in [-0.3, -0.25) is 14.3 Å². The van der Waals surface area contributed by atoms with E-state index in [1.54, 1.807) is 41.3 Å². The van der Waals surface area contributed by atoms with E-state index in [1.165, 1.54) is 0 Å². The van der Waals surface area contributed by atoms with E-state index < -0.39 is 10.4 Å². The van der Waals surface area contributed by atoms with Crippen LogP contribution >= 0.6 is 23.1 Å². The van der Waals surface area contributed by atoms with Crippen molar-refractivity contribution < 1.29 is 26.6 Å². The Hall–Kier alpha value is -1.27. The van der Waals surface area contributed by atoms with Crippen LogP contribution in [0, 0.1) is 10.1 Å². The van der Waals surface area contributed by atoms with Crippen LogP contribution in [0.3, 0.4) is 0 Å². The van der Waals surface area contributed by atoms with Gasteiger partial charge in [0.25, 0.3) is 10.0 Å². The van der Waals surface area contributed by atoms with Crippen molar-refractivity contribution in [3.8, 4) is 0 Å². The zero-order valence-electron chi connectivity index (χ0n) is 11.3. The lowest BCUT2D eigenvalue weighted by Crippen LogP contribution is -2.27. The van der Waals surface area contributed by atoms with Gasteiger partial charge in [-0.15, -0.1) is 0 Å². The number of rotatable bonds is 3. The second kappa shape index (κ2) is 7.13. The smallest absolute Gasteiger partial charge is 0.297 e. The average molecular weight is 352 g/mol. The first kappa shape index (κ1) is 17.8. The Morgan fingerprint density at radius 2 is 2.00 bits per heavy atom. The minimum Gasteiger partial charge on any atom is -0.726 e. The van der Waals surface area contributed by atoms with Crippen molar-refractivity contribution in [3.63, 3.8) is 0 Å². The molecule has 0 aliphatic heterocycles. The number of thiazole rings is 1. The molecule has 0 atom stereocenters. The maximum Gasteiger partial charge on any atom is 0.297 e. The largest absolute Gasteiger partial charge is 0.726 e. The number of thioether (sulfide) groups is 1. The number of nitrogens with zero attached hydrogens (tertiary/aromatic N) is 2. The Balaban J connectivity index is 0.000000315. The van der Waals surface area contributed by atoms with Crippen LogP contribution < -0.4 is 4.57 Å². The standard InChI is InChI=1S/C9H9N2O2S2.CH4O4S/c1-10-7-4-3-6(11(12)13)5-8(7)15-9(10)14-2;1-5-6(2,3)4/h3-5H,1-2H3;1H3,(H,2,3,4)/q+1;/p-1. The van der Waals surface area contributed by atoms with Crippen molar-refractivity contribution in [2.45, 2.75) is 4.34 Å². The lowest BCUT2D eigenvalue weighted by molar-refractivity contribution is -0.676. The fourth-order valence-corrected chi connectivity index (χ4v) is 3.30. The fourth-order valence-electron chi connectivity index (χ4n) is 1.41. The molecule has 0 amide bonds. The van der Waals surface area contributed by atoms with E-state index >= 15 is 0 Å². The van der Waals surface area contributed by atoms with Gasteiger partial charge in [0.15, 0.2) is 0 Å². The van der Waals surface area contributed by atoms with Gasteiger partial charge in [0.1, 0.15) is 11.7 Å². The van der Waals surface area contributed by atoms with Crippen LogP contribution in [0.1, 0.15) is 0 Å². The third-order valence-electron chi connectivity index (χ3n) is 2.37. The quantitative estimate of drug-likeness (QED) is 0.205. The van der Waals surface area contributed by atoms with Crippen molar-refractivity contribution in [1.82, 2.24) is 0 Å². The van der Waals surface area contributed by atoms with Crippen LogP contribution in [0.25, 0.3) is 10.2 Å². The van der Waals surface area contributed by atoms with Crippen LogP contribution in [-0.4, -0.2) is 31.3 Å². The highest BCUT2D eigenvalue weighted by atomic mass is 32.3. The van der Waals surface area contributed by atoms with Gasteiger partial charge in [-0.2, -0.15) is 4.57 Å². The topological polar surface area (TPSA) is 113 Å². The second-order valence-corrected chi connectivity index (χ2v) is 6.85. The molecule has 0 fully saturated rings. The fraction of sp³-hybridized carbons (Fsp3) is 0.300. The Morgan fingerprint density at radius 3 is 2.43 bits per heavy atom. The summed E-state index contributed by atoms with van der Waals surface area (Å²) >= 11 is 3.22. The van der Waals surface area contributed by atoms with Crippen LogP contribution in [-0.2, 0) is 21.6 Å².